The molecule has 0 aromatic carbocycles. The van der Waals surface area contributed by atoms with Crippen LogP contribution in [0.4, 0.5) is 0 Å². The first-order valence-electron chi connectivity index (χ1n) is 9.15. The smallest absolute Gasteiger partial charge is 0.414 e. The monoisotopic (exact) mass is 433 g/mol. The first-order valence-corrected chi connectivity index (χ1v) is 13.2. The first-order chi connectivity index (χ1) is 12.9. The van der Waals surface area contributed by atoms with Crippen LogP contribution in [0.1, 0.15) is 39.0 Å². The lowest BCUT2D eigenvalue weighted by Gasteiger charge is -2.37. The van der Waals surface area contributed by atoms with Gasteiger partial charge in [-0.25, -0.2) is 4.79 Å². The fourth-order valence-electron chi connectivity index (χ4n) is 2.59. The van der Waals surface area contributed by atoms with E-state index in [1.165, 1.54) is 17.9 Å². The summed E-state index contributed by atoms with van der Waals surface area (Å²) >= 11 is 0. The van der Waals surface area contributed by atoms with Crippen molar-refractivity contribution < 1.29 is 22.8 Å². The second-order valence-corrected chi connectivity index (χ2v) is 14.3. The minimum Gasteiger partial charge on any atom is -0.414 e. The zero-order chi connectivity index (χ0) is 21.3. The maximum Gasteiger partial charge on any atom is 0.697 e. The van der Waals surface area contributed by atoms with Crippen molar-refractivity contribution in [1.82, 2.24) is 9.55 Å². The summed E-state index contributed by atoms with van der Waals surface area (Å²) < 4.78 is 35.6. The summed E-state index contributed by atoms with van der Waals surface area (Å²) in [6, 6.07) is 0. The molecule has 1 fully saturated rings. The Bertz CT molecular complexity index is 830. The number of rotatable bonds is 7. The SMILES string of the molecule is CO[P+](=O)O[C@H]1C[C@H](n2cc(C)c(=O)[nH]c2=O)O[C@@H]1CO[Si](C)(C)C(C)(C)C. The van der Waals surface area contributed by atoms with E-state index in [1.807, 2.05) is 0 Å². The highest BCUT2D eigenvalue weighted by Crippen LogP contribution is 2.40. The van der Waals surface area contributed by atoms with Gasteiger partial charge in [0.05, 0.1) is 13.7 Å². The summed E-state index contributed by atoms with van der Waals surface area (Å²) in [7, 11) is -3.04. The Morgan fingerprint density at radius 3 is 2.57 bits per heavy atom. The fourth-order valence-corrected chi connectivity index (χ4v) is 4.14. The van der Waals surface area contributed by atoms with Crippen LogP contribution in [0, 0.1) is 6.92 Å². The Labute approximate surface area is 166 Å². The topological polar surface area (TPSA) is 109 Å². The van der Waals surface area contributed by atoms with Crippen molar-refractivity contribution in [3.05, 3.63) is 32.6 Å². The maximum atomic E-state index is 12.2. The van der Waals surface area contributed by atoms with E-state index in [0.717, 1.165) is 0 Å². The van der Waals surface area contributed by atoms with E-state index in [2.05, 4.69) is 38.8 Å². The van der Waals surface area contributed by atoms with Crippen LogP contribution >= 0.6 is 8.25 Å². The van der Waals surface area contributed by atoms with Crippen molar-refractivity contribution in [3.63, 3.8) is 0 Å². The molecule has 1 aromatic rings. The molecule has 2 rings (SSSR count). The van der Waals surface area contributed by atoms with Crippen LogP contribution in [0.25, 0.3) is 0 Å². The van der Waals surface area contributed by atoms with Crippen LogP contribution in [0.5, 0.6) is 0 Å². The molecular formula is C17H30N2O7PSi+. The molecule has 158 valence electrons. The summed E-state index contributed by atoms with van der Waals surface area (Å²) in [6.45, 7) is 12.5. The molecule has 0 saturated carbocycles. The number of nitrogens with zero attached hydrogens (tertiary/aromatic N) is 1. The van der Waals surface area contributed by atoms with Crippen molar-refractivity contribution in [1.29, 1.82) is 0 Å². The van der Waals surface area contributed by atoms with Crippen molar-refractivity contribution in [2.45, 2.75) is 70.7 Å². The van der Waals surface area contributed by atoms with Gasteiger partial charge in [0, 0.05) is 22.7 Å². The summed E-state index contributed by atoms with van der Waals surface area (Å²) in [5.41, 5.74) is -0.613. The third-order valence-corrected chi connectivity index (χ3v) is 10.7. The summed E-state index contributed by atoms with van der Waals surface area (Å²) in [5.74, 6) is 0. The largest absolute Gasteiger partial charge is 0.697 e. The number of hydrogen-bond donors (Lipinski definition) is 1. The standard InChI is InChI=1S/C17H29N2O7PSi/c1-11-9-19(16(21)18-15(11)20)14-8-12(26-27(22)23-5)13(25-14)10-24-28(6,7)17(2,3)4/h9,12-14H,8,10H2,1-7H3/p+1/t12-,13+,14+/m0/s1. The molecule has 1 unspecified atom stereocenters. The number of nitrogens with one attached hydrogen (secondary N) is 1. The quantitative estimate of drug-likeness (QED) is 0.520. The molecule has 2 heterocycles. The van der Waals surface area contributed by atoms with Gasteiger partial charge < -0.3 is 9.16 Å². The van der Waals surface area contributed by atoms with Crippen LogP contribution in [-0.4, -0.2) is 43.8 Å². The van der Waals surface area contributed by atoms with Crippen LogP contribution in [0.3, 0.4) is 0 Å². The third-order valence-electron chi connectivity index (χ3n) is 5.42. The predicted molar refractivity (Wildman–Crippen MR) is 107 cm³/mol. The molecular weight excluding hydrogens is 403 g/mol. The molecule has 11 heteroatoms. The Morgan fingerprint density at radius 1 is 1.36 bits per heavy atom. The minimum absolute atomic E-state index is 0.0199. The van der Waals surface area contributed by atoms with E-state index < -0.39 is 46.3 Å². The Hall–Kier alpha value is -1.16. The van der Waals surface area contributed by atoms with Crippen LogP contribution in [-0.2, 0) is 22.8 Å². The molecule has 0 bridgehead atoms. The zero-order valence-electron chi connectivity index (χ0n) is 17.5. The predicted octanol–water partition coefficient (Wildman–Crippen LogP) is 2.84. The molecule has 1 aliphatic heterocycles. The highest BCUT2D eigenvalue weighted by atomic mass is 31.1. The normalized spacial score (nSPS) is 23.8. The molecule has 1 aromatic heterocycles. The van der Waals surface area contributed by atoms with Gasteiger partial charge in [-0.2, -0.15) is 0 Å². The van der Waals surface area contributed by atoms with E-state index in [4.69, 9.17) is 18.2 Å². The lowest BCUT2D eigenvalue weighted by atomic mass is 10.2. The molecule has 0 amide bonds. The number of ether oxygens (including phenoxy) is 1. The van der Waals surface area contributed by atoms with Gasteiger partial charge >= 0.3 is 13.9 Å². The number of aryl methyl sites for hydroxylation is 1. The van der Waals surface area contributed by atoms with E-state index >= 15 is 0 Å². The van der Waals surface area contributed by atoms with Crippen molar-refractivity contribution in [2.75, 3.05) is 13.7 Å². The molecule has 0 spiro atoms. The van der Waals surface area contributed by atoms with Gasteiger partial charge in [-0.3, -0.25) is 14.3 Å². The summed E-state index contributed by atoms with van der Waals surface area (Å²) in [6.07, 6.45) is -0.0244. The van der Waals surface area contributed by atoms with E-state index in [9.17, 15) is 14.2 Å². The van der Waals surface area contributed by atoms with Crippen molar-refractivity contribution in [2.24, 2.45) is 0 Å². The molecule has 0 radical (unpaired) electrons. The van der Waals surface area contributed by atoms with Gasteiger partial charge in [0.2, 0.25) is 0 Å². The lowest BCUT2D eigenvalue weighted by Crippen LogP contribution is -2.44. The minimum atomic E-state index is -2.30. The van der Waals surface area contributed by atoms with Crippen LogP contribution < -0.4 is 11.2 Å². The average molecular weight is 433 g/mol. The number of H-pyrrole nitrogens is 1. The molecule has 4 atom stereocenters. The van der Waals surface area contributed by atoms with E-state index in [1.54, 1.807) is 6.92 Å². The molecule has 0 aliphatic carbocycles. The molecule has 1 N–H and O–H groups in total. The van der Waals surface area contributed by atoms with Gasteiger partial charge in [0.25, 0.3) is 5.56 Å². The Morgan fingerprint density at radius 2 is 2.00 bits per heavy atom. The molecule has 1 saturated heterocycles. The number of hydrogen-bond acceptors (Lipinski definition) is 7. The van der Waals surface area contributed by atoms with Gasteiger partial charge in [-0.15, -0.1) is 9.05 Å². The first kappa shape index (κ1) is 23.1. The van der Waals surface area contributed by atoms with Gasteiger partial charge in [-0.05, 0) is 25.1 Å². The maximum absolute atomic E-state index is 12.2. The number of aromatic amines is 1. The van der Waals surface area contributed by atoms with Gasteiger partial charge in [0.15, 0.2) is 8.32 Å². The van der Waals surface area contributed by atoms with E-state index in [-0.39, 0.29) is 18.1 Å². The second-order valence-electron chi connectivity index (χ2n) is 8.46. The zero-order valence-corrected chi connectivity index (χ0v) is 19.4. The Balaban J connectivity index is 2.23. The molecule has 9 nitrogen and oxygen atoms in total. The lowest BCUT2D eigenvalue weighted by molar-refractivity contribution is -0.0400. The van der Waals surface area contributed by atoms with Gasteiger partial charge in [-0.1, -0.05) is 20.8 Å². The van der Waals surface area contributed by atoms with E-state index in [0.29, 0.717) is 5.56 Å². The number of aromatic nitrogens is 2. The highest BCUT2D eigenvalue weighted by Gasteiger charge is 2.45. The summed E-state index contributed by atoms with van der Waals surface area (Å²) in [5, 5.41) is 0.0199. The van der Waals surface area contributed by atoms with Gasteiger partial charge in [0.1, 0.15) is 18.4 Å². The Kier molecular flexibility index (Phi) is 7.17. The van der Waals surface area contributed by atoms with Crippen molar-refractivity contribution >= 4 is 16.6 Å². The molecule has 1 aliphatic rings. The van der Waals surface area contributed by atoms with Crippen LogP contribution in [0.2, 0.25) is 18.1 Å². The fraction of sp³-hybridized carbons (Fsp3) is 0.765. The van der Waals surface area contributed by atoms with Crippen LogP contribution in [0.15, 0.2) is 15.8 Å². The summed E-state index contributed by atoms with van der Waals surface area (Å²) in [4.78, 5) is 26.1. The third kappa shape index (κ3) is 5.25. The second kappa shape index (κ2) is 8.69. The van der Waals surface area contributed by atoms with Crippen molar-refractivity contribution in [3.8, 4) is 0 Å². The average Bonchev–Trinajstić information content (AvgIpc) is 2.97. The molecule has 28 heavy (non-hydrogen) atoms. The highest BCUT2D eigenvalue weighted by molar-refractivity contribution is 7.33.